The van der Waals surface area contributed by atoms with Crippen molar-refractivity contribution in [3.8, 4) is 21.8 Å². The van der Waals surface area contributed by atoms with Gasteiger partial charge in [0.2, 0.25) is 5.91 Å². The Morgan fingerprint density at radius 3 is 2.37 bits per heavy atom. The summed E-state index contributed by atoms with van der Waals surface area (Å²) in [6.07, 6.45) is 0.582. The van der Waals surface area contributed by atoms with Gasteiger partial charge in [-0.2, -0.15) is 13.9 Å². The number of hydrogen-bond donors (Lipinski definition) is 1. The van der Waals surface area contributed by atoms with Crippen molar-refractivity contribution in [1.82, 2.24) is 29.5 Å². The fourth-order valence-electron chi connectivity index (χ4n) is 7.45. The Morgan fingerprint density at radius 2 is 1.75 bits per heavy atom. The lowest BCUT2D eigenvalue weighted by Gasteiger charge is -2.47. The van der Waals surface area contributed by atoms with Crippen LogP contribution in [-0.4, -0.2) is 84.4 Å². The molecule has 2 aliphatic rings. The maximum absolute atomic E-state index is 14.5. The lowest BCUT2D eigenvalue weighted by Crippen LogP contribution is -2.62. The predicted octanol–water partition coefficient (Wildman–Crippen LogP) is 8.47. The summed E-state index contributed by atoms with van der Waals surface area (Å²) in [5, 5.41) is 15.8. The Kier molecular flexibility index (Phi) is 9.83. The highest BCUT2D eigenvalue weighted by Crippen LogP contribution is 2.45. The Labute approximate surface area is 309 Å². The van der Waals surface area contributed by atoms with Gasteiger partial charge in [-0.25, -0.2) is 19.4 Å². The third kappa shape index (κ3) is 6.91. The van der Waals surface area contributed by atoms with Gasteiger partial charge in [-0.3, -0.25) is 9.69 Å². The number of halogens is 3. The van der Waals surface area contributed by atoms with Gasteiger partial charge in [0.25, 0.3) is 0 Å². The predicted molar refractivity (Wildman–Crippen MR) is 198 cm³/mol. The number of carbonyl (C=O) groups excluding carboxylic acids is 1. The summed E-state index contributed by atoms with van der Waals surface area (Å²) in [5.74, 6) is -1.12. The molecule has 7 rings (SSSR count). The second-order valence-electron chi connectivity index (χ2n) is 14.6. The van der Waals surface area contributed by atoms with E-state index in [9.17, 15) is 23.5 Å². The summed E-state index contributed by atoms with van der Waals surface area (Å²) >= 11 is 7.62. The number of likely N-dealkylation sites (tertiary alicyclic amines) is 2. The topological polar surface area (TPSA) is 114 Å². The van der Waals surface area contributed by atoms with Crippen molar-refractivity contribution in [2.45, 2.75) is 84.1 Å². The molecule has 1 atom stereocenters. The summed E-state index contributed by atoms with van der Waals surface area (Å²) in [6.45, 7) is 9.24. The van der Waals surface area contributed by atoms with E-state index in [0.29, 0.717) is 93.1 Å². The van der Waals surface area contributed by atoms with Gasteiger partial charge in [0, 0.05) is 47.6 Å². The lowest BCUT2D eigenvalue weighted by molar-refractivity contribution is -0.160. The molecule has 0 aliphatic carbocycles. The maximum atomic E-state index is 14.5. The van der Waals surface area contributed by atoms with Crippen LogP contribution in [0.3, 0.4) is 0 Å². The summed E-state index contributed by atoms with van der Waals surface area (Å²) < 4.78 is 36.7. The van der Waals surface area contributed by atoms with E-state index in [1.54, 1.807) is 24.3 Å². The highest BCUT2D eigenvalue weighted by Gasteiger charge is 2.38. The number of amides is 1. The minimum atomic E-state index is -2.82. The number of pyridine rings is 1. The van der Waals surface area contributed by atoms with Crippen LogP contribution >= 0.6 is 22.9 Å². The number of hydrogen-bond acceptors (Lipinski definition) is 8. The minimum absolute atomic E-state index is 0.157. The molecular weight excluding hydrogens is 710 g/mol. The number of benzene rings is 2. The van der Waals surface area contributed by atoms with Gasteiger partial charge < -0.3 is 14.7 Å². The van der Waals surface area contributed by atoms with Crippen molar-refractivity contribution in [3.63, 3.8) is 0 Å². The molecule has 0 radical (unpaired) electrons. The monoisotopic (exact) mass is 750 g/mol. The minimum Gasteiger partial charge on any atom is -0.479 e. The number of nitrogens with zero attached hydrogens (tertiary/aromatic N) is 6. The van der Waals surface area contributed by atoms with Gasteiger partial charge in [-0.1, -0.05) is 30.7 Å². The number of carbonyl (C=O) groups is 2. The largest absolute Gasteiger partial charge is 0.479 e. The first kappa shape index (κ1) is 36.3. The van der Waals surface area contributed by atoms with Gasteiger partial charge in [0.1, 0.15) is 16.0 Å². The van der Waals surface area contributed by atoms with E-state index >= 15 is 0 Å². The van der Waals surface area contributed by atoms with E-state index < -0.39 is 24.2 Å². The Hall–Kier alpha value is -4.04. The number of aliphatic carboxylic acids is 1. The van der Waals surface area contributed by atoms with E-state index in [-0.39, 0.29) is 11.8 Å². The normalized spacial score (nSPS) is 17.0. The Bertz CT molecular complexity index is 2150. The van der Waals surface area contributed by atoms with Crippen LogP contribution in [0.5, 0.6) is 0 Å². The highest BCUT2D eigenvalue weighted by atomic mass is 35.5. The van der Waals surface area contributed by atoms with E-state index in [1.165, 1.54) is 11.3 Å². The molecule has 14 heteroatoms. The first-order valence-corrected chi connectivity index (χ1v) is 18.7. The van der Waals surface area contributed by atoms with Crippen molar-refractivity contribution in [2.75, 3.05) is 26.2 Å². The lowest BCUT2D eigenvalue weighted by atomic mass is 9.90. The molecule has 274 valence electrons. The zero-order valence-electron chi connectivity index (χ0n) is 29.7. The van der Waals surface area contributed by atoms with E-state index in [2.05, 4.69) is 10.00 Å². The molecule has 1 amide bonds. The molecule has 2 saturated heterocycles. The number of fused-ring (bicyclic) bond motifs is 2. The fraction of sp³-hybridized carbons (Fsp3) is 0.447. The Morgan fingerprint density at radius 1 is 1.06 bits per heavy atom. The van der Waals surface area contributed by atoms with Crippen molar-refractivity contribution in [3.05, 3.63) is 64.3 Å². The number of carboxylic acids is 1. The van der Waals surface area contributed by atoms with Gasteiger partial charge in [0.15, 0.2) is 6.10 Å². The maximum Gasteiger partial charge on any atom is 0.337 e. The van der Waals surface area contributed by atoms with E-state index in [1.807, 2.05) is 57.7 Å². The van der Waals surface area contributed by atoms with Gasteiger partial charge >= 0.3 is 12.5 Å². The molecule has 1 N–H and O–H groups in total. The number of thiazole rings is 1. The highest BCUT2D eigenvalue weighted by molar-refractivity contribution is 7.22. The van der Waals surface area contributed by atoms with Crippen LogP contribution in [0.4, 0.5) is 8.78 Å². The van der Waals surface area contributed by atoms with E-state index in [0.717, 1.165) is 28.0 Å². The molecule has 0 saturated carbocycles. The number of piperidine rings is 1. The Balaban J connectivity index is 1.28. The van der Waals surface area contributed by atoms with Crippen molar-refractivity contribution in [2.24, 2.45) is 0 Å². The third-order valence-electron chi connectivity index (χ3n) is 9.95. The average Bonchev–Trinajstić information content (AvgIpc) is 3.68. The van der Waals surface area contributed by atoms with Crippen LogP contribution < -0.4 is 0 Å². The van der Waals surface area contributed by atoms with Crippen LogP contribution in [0.1, 0.15) is 82.3 Å². The first-order chi connectivity index (χ1) is 24.7. The smallest absolute Gasteiger partial charge is 0.337 e. The SMILES string of the molecule is CCC(=O)N1CC(N2CCC(c3c4nc(-c5nc6cc(C)c([C@H](OC(C)(C)C)C(=O)O)c(-c7ccc(Cl)cc7)c6s5)ccc4nn3C(F)F)CC2)C1. The summed E-state index contributed by atoms with van der Waals surface area (Å²) in [4.78, 5) is 38.9. The summed E-state index contributed by atoms with van der Waals surface area (Å²) in [5.41, 5.74) is 4.32. The molecule has 52 heavy (non-hydrogen) atoms. The fourth-order valence-corrected chi connectivity index (χ4v) is 8.67. The van der Waals surface area contributed by atoms with Gasteiger partial charge in [0.05, 0.1) is 27.2 Å². The molecule has 0 bridgehead atoms. The zero-order chi connectivity index (χ0) is 37.1. The van der Waals surface area contributed by atoms with Crippen LogP contribution in [0, 0.1) is 6.92 Å². The number of carboxylic acid groups (broad SMARTS) is 1. The second kappa shape index (κ2) is 14.1. The van der Waals surface area contributed by atoms with Crippen LogP contribution in [0.2, 0.25) is 5.02 Å². The molecule has 2 aliphatic heterocycles. The summed E-state index contributed by atoms with van der Waals surface area (Å²) in [6, 6.07) is 12.8. The second-order valence-corrected chi connectivity index (χ2v) is 16.0. The zero-order valence-corrected chi connectivity index (χ0v) is 31.3. The molecule has 2 fully saturated rings. The van der Waals surface area contributed by atoms with Crippen molar-refractivity contribution >= 4 is 56.1 Å². The number of aromatic nitrogens is 4. The molecule has 5 aromatic rings. The standard InChI is InChI=1S/C38H41ClF2N6O4S/c1-6-28(48)46-18-24(19-46)45-15-13-22(14-16-45)32-31-25(44-47(32)37(40)41)11-12-26(42-31)35-43-27-17-20(2)29(33(36(49)50)51-38(3,4)5)30(34(27)52-35)21-7-9-23(39)10-8-21/h7-12,17,22,24,33,37H,6,13-16,18-19H2,1-5H3,(H,49,50)/t33-/m0/s1. The van der Waals surface area contributed by atoms with Crippen LogP contribution in [0.25, 0.3) is 43.1 Å². The quantitative estimate of drug-likeness (QED) is 0.160. The van der Waals surface area contributed by atoms with Crippen LogP contribution in [0.15, 0.2) is 42.5 Å². The third-order valence-corrected chi connectivity index (χ3v) is 11.3. The van der Waals surface area contributed by atoms with Gasteiger partial charge in [-0.05, 0) is 95.1 Å². The average molecular weight is 751 g/mol. The molecule has 3 aromatic heterocycles. The molecule has 0 spiro atoms. The number of alkyl halides is 2. The molecule has 0 unspecified atom stereocenters. The summed E-state index contributed by atoms with van der Waals surface area (Å²) in [7, 11) is 0. The number of ether oxygens (including phenoxy) is 1. The molecule has 10 nitrogen and oxygen atoms in total. The van der Waals surface area contributed by atoms with Gasteiger partial charge in [-0.15, -0.1) is 11.3 Å². The van der Waals surface area contributed by atoms with E-state index in [4.69, 9.17) is 26.3 Å². The van der Waals surface area contributed by atoms with Crippen molar-refractivity contribution < 1.29 is 28.2 Å². The number of aryl methyl sites for hydroxylation is 1. The molecule has 5 heterocycles. The number of rotatable bonds is 9. The first-order valence-electron chi connectivity index (χ1n) is 17.5. The molecular formula is C38H41ClF2N6O4S. The van der Waals surface area contributed by atoms with Crippen molar-refractivity contribution in [1.29, 1.82) is 0 Å². The van der Waals surface area contributed by atoms with Crippen LogP contribution in [-0.2, 0) is 14.3 Å². The molecule has 2 aromatic carbocycles.